The number of rotatable bonds is 4. The third kappa shape index (κ3) is 4.01. The van der Waals surface area contributed by atoms with Crippen LogP contribution in [0.15, 0.2) is 78.9 Å². The van der Waals surface area contributed by atoms with Gasteiger partial charge in [0.25, 0.3) is 0 Å². The number of halogens is 1. The zero-order valence-corrected chi connectivity index (χ0v) is 16.6. The molecule has 0 aliphatic rings. The van der Waals surface area contributed by atoms with Gasteiger partial charge in [0.15, 0.2) is 0 Å². The summed E-state index contributed by atoms with van der Waals surface area (Å²) in [6.07, 6.45) is 1.13. The van der Waals surface area contributed by atoms with E-state index >= 15 is 0 Å². The second-order valence-electron chi connectivity index (χ2n) is 6.54. The molecular weight excluding hydrogens is 392 g/mol. The Balaban J connectivity index is 1.92. The van der Waals surface area contributed by atoms with Crippen LogP contribution in [0.3, 0.4) is 0 Å². The highest BCUT2D eigenvalue weighted by molar-refractivity contribution is 7.92. The Bertz CT molecular complexity index is 1270. The summed E-state index contributed by atoms with van der Waals surface area (Å²) in [5, 5.41) is 1.62. The fourth-order valence-electron chi connectivity index (χ4n) is 3.16. The smallest absolute Gasteiger partial charge is 0.229 e. The number of fused-ring (bicyclic) bond motifs is 1. The molecule has 1 heterocycles. The van der Waals surface area contributed by atoms with Crippen LogP contribution in [0.1, 0.15) is 0 Å². The zero-order chi connectivity index (χ0) is 19.7. The lowest BCUT2D eigenvalue weighted by atomic mass is 9.98. The molecule has 140 valence electrons. The first-order valence-electron chi connectivity index (χ1n) is 8.63. The van der Waals surface area contributed by atoms with E-state index in [2.05, 4.69) is 4.72 Å². The lowest BCUT2D eigenvalue weighted by Crippen LogP contribution is -2.09. The lowest BCUT2D eigenvalue weighted by Gasteiger charge is -2.12. The molecule has 0 atom stereocenters. The van der Waals surface area contributed by atoms with E-state index in [1.165, 1.54) is 0 Å². The van der Waals surface area contributed by atoms with Gasteiger partial charge < -0.3 is 0 Å². The van der Waals surface area contributed by atoms with E-state index < -0.39 is 10.0 Å². The lowest BCUT2D eigenvalue weighted by molar-refractivity contribution is 0.607. The van der Waals surface area contributed by atoms with Gasteiger partial charge in [-0.3, -0.25) is 4.72 Å². The quantitative estimate of drug-likeness (QED) is 0.478. The van der Waals surface area contributed by atoms with E-state index in [-0.39, 0.29) is 0 Å². The van der Waals surface area contributed by atoms with Crippen LogP contribution in [0.5, 0.6) is 0 Å². The van der Waals surface area contributed by atoms with E-state index in [9.17, 15) is 8.42 Å². The Morgan fingerprint density at radius 3 is 2.36 bits per heavy atom. The second kappa shape index (κ2) is 7.26. The first-order valence-corrected chi connectivity index (χ1v) is 10.9. The van der Waals surface area contributed by atoms with E-state index in [4.69, 9.17) is 16.6 Å². The Morgan fingerprint density at radius 2 is 1.61 bits per heavy atom. The number of hydrogen-bond donors (Lipinski definition) is 1. The minimum atomic E-state index is -3.35. The van der Waals surface area contributed by atoms with Crippen LogP contribution in [0.4, 0.5) is 5.69 Å². The number of hydrogen-bond acceptors (Lipinski definition) is 3. The number of nitrogens with one attached hydrogen (secondary N) is 1. The predicted molar refractivity (Wildman–Crippen MR) is 116 cm³/mol. The number of aromatic nitrogens is 1. The number of benzene rings is 3. The highest BCUT2D eigenvalue weighted by Crippen LogP contribution is 2.34. The van der Waals surface area contributed by atoms with Gasteiger partial charge in [-0.1, -0.05) is 54.1 Å². The van der Waals surface area contributed by atoms with Gasteiger partial charge in [-0.05, 0) is 47.5 Å². The molecule has 1 N–H and O–H groups in total. The number of pyridine rings is 1. The highest BCUT2D eigenvalue weighted by atomic mass is 35.5. The minimum absolute atomic E-state index is 0.499. The standard InChI is InChI=1S/C22H17ClN2O2S/c1-28(26,27)25-18-9-5-8-16(12-18)22-14-19(15-6-3-2-4-7-15)20-13-17(23)10-11-21(20)24-22/h2-14,25H,1H3. The van der Waals surface area contributed by atoms with Crippen LogP contribution in [0.2, 0.25) is 5.02 Å². The van der Waals surface area contributed by atoms with Crippen molar-refractivity contribution in [3.05, 3.63) is 83.9 Å². The van der Waals surface area contributed by atoms with Gasteiger partial charge in [-0.2, -0.15) is 0 Å². The van der Waals surface area contributed by atoms with Gasteiger partial charge in [0.2, 0.25) is 10.0 Å². The van der Waals surface area contributed by atoms with Crippen LogP contribution in [0.25, 0.3) is 33.3 Å². The number of nitrogens with zero attached hydrogens (tertiary/aromatic N) is 1. The molecule has 0 aliphatic carbocycles. The van der Waals surface area contributed by atoms with Gasteiger partial charge in [0, 0.05) is 21.7 Å². The third-order valence-corrected chi connectivity index (χ3v) is 5.16. The normalized spacial score (nSPS) is 11.5. The van der Waals surface area contributed by atoms with Crippen LogP contribution in [-0.4, -0.2) is 19.7 Å². The molecule has 4 nitrogen and oxygen atoms in total. The maximum atomic E-state index is 11.6. The first kappa shape index (κ1) is 18.5. The molecule has 0 amide bonds. The van der Waals surface area contributed by atoms with Crippen molar-refractivity contribution in [2.75, 3.05) is 11.0 Å². The largest absolute Gasteiger partial charge is 0.284 e. The maximum Gasteiger partial charge on any atom is 0.229 e. The van der Waals surface area contributed by atoms with Gasteiger partial charge in [0.1, 0.15) is 0 Å². The summed E-state index contributed by atoms with van der Waals surface area (Å²) in [6.45, 7) is 0. The Morgan fingerprint density at radius 1 is 0.857 bits per heavy atom. The van der Waals surface area contributed by atoms with E-state index in [1.54, 1.807) is 18.2 Å². The molecule has 0 saturated heterocycles. The Hall–Kier alpha value is -2.89. The van der Waals surface area contributed by atoms with Crippen LogP contribution in [-0.2, 0) is 10.0 Å². The van der Waals surface area contributed by atoms with Crippen LogP contribution >= 0.6 is 11.6 Å². The molecule has 1 aromatic heterocycles. The average Bonchev–Trinajstić information content (AvgIpc) is 2.67. The fraction of sp³-hybridized carbons (Fsp3) is 0.0455. The van der Waals surface area contributed by atoms with Crippen molar-refractivity contribution in [1.82, 2.24) is 4.98 Å². The summed E-state index contributed by atoms with van der Waals surface area (Å²) < 4.78 is 25.6. The summed E-state index contributed by atoms with van der Waals surface area (Å²) in [6, 6.07) is 24.9. The monoisotopic (exact) mass is 408 g/mol. The van der Waals surface area contributed by atoms with Gasteiger partial charge in [0.05, 0.1) is 17.5 Å². The summed E-state index contributed by atoms with van der Waals surface area (Å²) >= 11 is 6.22. The van der Waals surface area contributed by atoms with Gasteiger partial charge in [-0.15, -0.1) is 0 Å². The predicted octanol–water partition coefficient (Wildman–Crippen LogP) is 5.59. The van der Waals surface area contributed by atoms with Gasteiger partial charge in [-0.25, -0.2) is 13.4 Å². The summed E-state index contributed by atoms with van der Waals surface area (Å²) in [5.74, 6) is 0. The minimum Gasteiger partial charge on any atom is -0.284 e. The molecule has 0 bridgehead atoms. The van der Waals surface area contributed by atoms with Crippen molar-refractivity contribution in [2.24, 2.45) is 0 Å². The first-order chi connectivity index (χ1) is 13.4. The Labute approximate surface area is 168 Å². The Kier molecular flexibility index (Phi) is 4.79. The zero-order valence-electron chi connectivity index (χ0n) is 15.1. The van der Waals surface area contributed by atoms with Gasteiger partial charge >= 0.3 is 0 Å². The second-order valence-corrected chi connectivity index (χ2v) is 8.72. The molecule has 0 saturated carbocycles. The van der Waals surface area contributed by atoms with E-state index in [0.29, 0.717) is 10.7 Å². The van der Waals surface area contributed by atoms with E-state index in [0.717, 1.165) is 39.5 Å². The van der Waals surface area contributed by atoms with Crippen molar-refractivity contribution >= 4 is 38.2 Å². The molecule has 0 radical (unpaired) electrons. The van der Waals surface area contributed by atoms with Crippen molar-refractivity contribution in [1.29, 1.82) is 0 Å². The van der Waals surface area contributed by atoms with Crippen molar-refractivity contribution in [3.8, 4) is 22.4 Å². The number of sulfonamides is 1. The molecule has 0 spiro atoms. The molecule has 0 unspecified atom stereocenters. The molecule has 0 aliphatic heterocycles. The molecule has 4 rings (SSSR count). The van der Waals surface area contributed by atoms with E-state index in [1.807, 2.05) is 60.7 Å². The number of anilines is 1. The molecule has 0 fully saturated rings. The van der Waals surface area contributed by atoms with Crippen molar-refractivity contribution in [3.63, 3.8) is 0 Å². The fourth-order valence-corrected chi connectivity index (χ4v) is 3.89. The molecule has 28 heavy (non-hydrogen) atoms. The molecule has 3 aromatic carbocycles. The third-order valence-electron chi connectivity index (χ3n) is 4.32. The highest BCUT2D eigenvalue weighted by Gasteiger charge is 2.11. The van der Waals surface area contributed by atoms with Crippen LogP contribution in [0, 0.1) is 0 Å². The summed E-state index contributed by atoms with van der Waals surface area (Å²) in [7, 11) is -3.35. The topological polar surface area (TPSA) is 59.1 Å². The maximum absolute atomic E-state index is 11.6. The van der Waals surface area contributed by atoms with Crippen LogP contribution < -0.4 is 4.72 Å². The van der Waals surface area contributed by atoms with Crippen molar-refractivity contribution in [2.45, 2.75) is 0 Å². The van der Waals surface area contributed by atoms with Crippen molar-refractivity contribution < 1.29 is 8.42 Å². The average molecular weight is 409 g/mol. The molecule has 6 heteroatoms. The molecule has 4 aromatic rings. The molecular formula is C22H17ClN2O2S. The SMILES string of the molecule is CS(=O)(=O)Nc1cccc(-c2cc(-c3ccccc3)c3cc(Cl)ccc3n2)c1. The summed E-state index contributed by atoms with van der Waals surface area (Å²) in [5.41, 5.74) is 4.98. The summed E-state index contributed by atoms with van der Waals surface area (Å²) in [4.78, 5) is 4.77.